The molecule has 1 aromatic heterocycles. The summed E-state index contributed by atoms with van der Waals surface area (Å²) in [6, 6.07) is 10.3. The Morgan fingerprint density at radius 3 is 2.65 bits per heavy atom. The lowest BCUT2D eigenvalue weighted by Gasteiger charge is -2.07. The molecule has 17 heavy (non-hydrogen) atoms. The first kappa shape index (κ1) is 12.0. The van der Waals surface area contributed by atoms with E-state index in [-0.39, 0.29) is 0 Å². The fourth-order valence-electron chi connectivity index (χ4n) is 1.49. The molecule has 1 heterocycles. The number of nitrogens with one attached hydrogen (secondary N) is 1. The van der Waals surface area contributed by atoms with Crippen LogP contribution in [0, 0.1) is 0 Å². The molecule has 0 amide bonds. The molecule has 0 aliphatic carbocycles. The third-order valence-corrected chi connectivity index (χ3v) is 3.10. The van der Waals surface area contributed by atoms with Crippen molar-refractivity contribution in [2.24, 2.45) is 0 Å². The van der Waals surface area contributed by atoms with Gasteiger partial charge >= 0.3 is 0 Å². The highest BCUT2D eigenvalue weighted by Gasteiger charge is 1.96. The second-order valence-electron chi connectivity index (χ2n) is 3.86. The summed E-state index contributed by atoms with van der Waals surface area (Å²) in [4.78, 5) is 0. The lowest BCUT2D eigenvalue weighted by molar-refractivity contribution is 0.317. The molecule has 0 saturated carbocycles. The largest absolute Gasteiger partial charge is 0.494 e. The van der Waals surface area contributed by atoms with Gasteiger partial charge in [-0.05, 0) is 35.6 Å². The first-order valence-corrected chi connectivity index (χ1v) is 6.80. The lowest BCUT2D eigenvalue weighted by Crippen LogP contribution is -1.99. The summed E-state index contributed by atoms with van der Waals surface area (Å²) in [5.74, 6) is 0.950. The number of thiophene rings is 1. The molecule has 0 radical (unpaired) electrons. The highest BCUT2D eigenvalue weighted by atomic mass is 32.1. The molecule has 1 N–H and O–H groups in total. The molecule has 0 unspecified atom stereocenters. The summed E-state index contributed by atoms with van der Waals surface area (Å²) in [6.45, 7) is 3.75. The first-order chi connectivity index (χ1) is 8.38. The van der Waals surface area contributed by atoms with Crippen molar-refractivity contribution >= 4 is 17.0 Å². The lowest BCUT2D eigenvalue weighted by atomic mass is 10.2. The average molecular weight is 247 g/mol. The molecular formula is C14H17NOS. The topological polar surface area (TPSA) is 21.3 Å². The van der Waals surface area contributed by atoms with Crippen LogP contribution in [0.4, 0.5) is 5.69 Å². The van der Waals surface area contributed by atoms with E-state index in [1.165, 1.54) is 11.3 Å². The van der Waals surface area contributed by atoms with Crippen LogP contribution in [0.1, 0.15) is 18.9 Å². The van der Waals surface area contributed by atoms with Crippen molar-refractivity contribution in [2.75, 3.05) is 11.9 Å². The van der Waals surface area contributed by atoms with Crippen LogP contribution >= 0.6 is 11.3 Å². The number of rotatable bonds is 6. The summed E-state index contributed by atoms with van der Waals surface area (Å²) < 4.78 is 5.54. The van der Waals surface area contributed by atoms with Crippen molar-refractivity contribution in [1.29, 1.82) is 0 Å². The van der Waals surface area contributed by atoms with Gasteiger partial charge in [0, 0.05) is 17.6 Å². The van der Waals surface area contributed by atoms with E-state index in [0.717, 1.165) is 25.3 Å². The minimum atomic E-state index is 0.784. The van der Waals surface area contributed by atoms with E-state index < -0.39 is 0 Å². The second kappa shape index (κ2) is 6.30. The van der Waals surface area contributed by atoms with E-state index in [0.29, 0.717) is 0 Å². The fourth-order valence-corrected chi connectivity index (χ4v) is 2.10. The highest BCUT2D eigenvalue weighted by molar-refractivity contribution is 7.08. The molecule has 0 atom stereocenters. The van der Waals surface area contributed by atoms with Crippen LogP contribution in [-0.2, 0) is 6.54 Å². The smallest absolute Gasteiger partial charge is 0.119 e. The monoisotopic (exact) mass is 247 g/mol. The number of ether oxygens (including phenoxy) is 1. The molecule has 0 spiro atoms. The van der Waals surface area contributed by atoms with Gasteiger partial charge in [0.05, 0.1) is 6.61 Å². The Hall–Kier alpha value is -1.48. The number of hydrogen-bond donors (Lipinski definition) is 1. The maximum Gasteiger partial charge on any atom is 0.119 e. The Labute approximate surface area is 106 Å². The van der Waals surface area contributed by atoms with Gasteiger partial charge in [-0.3, -0.25) is 0 Å². The molecule has 0 aliphatic heterocycles. The Morgan fingerprint density at radius 2 is 2.00 bits per heavy atom. The van der Waals surface area contributed by atoms with Gasteiger partial charge in [-0.1, -0.05) is 19.1 Å². The minimum Gasteiger partial charge on any atom is -0.494 e. The van der Waals surface area contributed by atoms with E-state index in [1.54, 1.807) is 11.3 Å². The van der Waals surface area contributed by atoms with Gasteiger partial charge in [-0.15, -0.1) is 0 Å². The Balaban J connectivity index is 1.85. The maximum atomic E-state index is 5.54. The van der Waals surface area contributed by atoms with Crippen molar-refractivity contribution in [3.05, 3.63) is 46.7 Å². The predicted octanol–water partition coefficient (Wildman–Crippen LogP) is 4.15. The average Bonchev–Trinajstić information content (AvgIpc) is 2.88. The Bertz CT molecular complexity index is 422. The van der Waals surface area contributed by atoms with Crippen molar-refractivity contribution in [2.45, 2.75) is 19.9 Å². The number of benzene rings is 1. The van der Waals surface area contributed by atoms with Crippen LogP contribution in [0.3, 0.4) is 0 Å². The summed E-state index contributed by atoms with van der Waals surface area (Å²) in [5, 5.41) is 7.56. The molecule has 90 valence electrons. The van der Waals surface area contributed by atoms with Crippen LogP contribution in [0.5, 0.6) is 5.75 Å². The van der Waals surface area contributed by atoms with Crippen molar-refractivity contribution < 1.29 is 4.74 Å². The maximum absolute atomic E-state index is 5.54. The van der Waals surface area contributed by atoms with E-state index in [1.807, 2.05) is 12.1 Å². The molecule has 0 fully saturated rings. The van der Waals surface area contributed by atoms with Gasteiger partial charge in [0.1, 0.15) is 5.75 Å². The van der Waals surface area contributed by atoms with Gasteiger partial charge in [-0.2, -0.15) is 11.3 Å². The summed E-state index contributed by atoms with van der Waals surface area (Å²) in [5.41, 5.74) is 2.45. The molecule has 2 nitrogen and oxygen atoms in total. The normalized spacial score (nSPS) is 10.2. The van der Waals surface area contributed by atoms with Crippen LogP contribution in [0.25, 0.3) is 0 Å². The zero-order chi connectivity index (χ0) is 11.9. The quantitative estimate of drug-likeness (QED) is 0.828. The summed E-state index contributed by atoms with van der Waals surface area (Å²) in [7, 11) is 0. The summed E-state index contributed by atoms with van der Waals surface area (Å²) >= 11 is 1.70. The van der Waals surface area contributed by atoms with Gasteiger partial charge in [0.15, 0.2) is 0 Å². The van der Waals surface area contributed by atoms with Crippen molar-refractivity contribution in [3.63, 3.8) is 0 Å². The number of anilines is 1. The van der Waals surface area contributed by atoms with E-state index in [4.69, 9.17) is 4.74 Å². The molecule has 2 aromatic rings. The Kier molecular flexibility index (Phi) is 4.45. The number of hydrogen-bond acceptors (Lipinski definition) is 3. The first-order valence-electron chi connectivity index (χ1n) is 5.86. The fraction of sp³-hybridized carbons (Fsp3) is 0.286. The third kappa shape index (κ3) is 3.79. The molecule has 0 aliphatic rings. The van der Waals surface area contributed by atoms with Gasteiger partial charge in [0.25, 0.3) is 0 Å². The molecule has 0 saturated heterocycles. The van der Waals surface area contributed by atoms with Crippen LogP contribution in [0.15, 0.2) is 41.1 Å². The standard InChI is InChI=1S/C14H17NOS/c1-2-8-16-14-5-3-12(4-6-14)10-15-13-7-9-17-11-13/h3-7,9,11,15H,2,8,10H2,1H3. The van der Waals surface area contributed by atoms with Crippen LogP contribution in [-0.4, -0.2) is 6.61 Å². The van der Waals surface area contributed by atoms with E-state index >= 15 is 0 Å². The molecule has 3 heteroatoms. The van der Waals surface area contributed by atoms with Crippen molar-refractivity contribution in [3.8, 4) is 5.75 Å². The van der Waals surface area contributed by atoms with Gasteiger partial charge < -0.3 is 10.1 Å². The van der Waals surface area contributed by atoms with E-state index in [2.05, 4.69) is 41.2 Å². The molecule has 1 aromatic carbocycles. The molecule has 2 rings (SSSR count). The minimum absolute atomic E-state index is 0.784. The van der Waals surface area contributed by atoms with Gasteiger partial charge in [0.2, 0.25) is 0 Å². The zero-order valence-electron chi connectivity index (χ0n) is 9.98. The van der Waals surface area contributed by atoms with E-state index in [9.17, 15) is 0 Å². The third-order valence-electron chi connectivity index (χ3n) is 2.41. The SMILES string of the molecule is CCCOc1ccc(CNc2ccsc2)cc1. The Morgan fingerprint density at radius 1 is 1.18 bits per heavy atom. The highest BCUT2D eigenvalue weighted by Crippen LogP contribution is 2.15. The predicted molar refractivity (Wildman–Crippen MR) is 73.9 cm³/mol. The second-order valence-corrected chi connectivity index (χ2v) is 4.64. The summed E-state index contributed by atoms with van der Waals surface area (Å²) in [6.07, 6.45) is 1.04. The van der Waals surface area contributed by atoms with Crippen molar-refractivity contribution in [1.82, 2.24) is 0 Å². The zero-order valence-corrected chi connectivity index (χ0v) is 10.8. The van der Waals surface area contributed by atoms with Gasteiger partial charge in [-0.25, -0.2) is 0 Å². The molecule has 0 bridgehead atoms. The van der Waals surface area contributed by atoms with Crippen LogP contribution < -0.4 is 10.1 Å². The van der Waals surface area contributed by atoms with Crippen LogP contribution in [0.2, 0.25) is 0 Å². The molecular weight excluding hydrogens is 230 g/mol.